The van der Waals surface area contributed by atoms with Crippen molar-refractivity contribution in [1.29, 1.82) is 0 Å². The summed E-state index contributed by atoms with van der Waals surface area (Å²) < 4.78 is 0. The number of aliphatic hydroxyl groups excluding tert-OH is 1. The van der Waals surface area contributed by atoms with Gasteiger partial charge < -0.3 is 5.11 Å². The van der Waals surface area contributed by atoms with Crippen LogP contribution in [0.3, 0.4) is 0 Å². The van der Waals surface area contributed by atoms with E-state index in [1.54, 1.807) is 0 Å². The summed E-state index contributed by atoms with van der Waals surface area (Å²) in [5.41, 5.74) is 1.15. The molecule has 0 aromatic carbocycles. The highest BCUT2D eigenvalue weighted by atomic mass is 16.3. The minimum absolute atomic E-state index is 0.00830. The van der Waals surface area contributed by atoms with E-state index in [9.17, 15) is 5.11 Å². The molecule has 9 atom stereocenters. The zero-order valence-electron chi connectivity index (χ0n) is 19.6. The fourth-order valence-corrected chi connectivity index (χ4v) is 9.26. The molecule has 0 aromatic heterocycles. The summed E-state index contributed by atoms with van der Waals surface area (Å²) in [7, 11) is 0. The largest absolute Gasteiger partial charge is 0.393 e. The first-order valence-corrected chi connectivity index (χ1v) is 12.9. The first-order chi connectivity index (χ1) is 13.3. The van der Waals surface area contributed by atoms with Crippen molar-refractivity contribution in [1.82, 2.24) is 0 Å². The van der Waals surface area contributed by atoms with Crippen LogP contribution >= 0.6 is 0 Å². The Balaban J connectivity index is 1.46. The highest BCUT2D eigenvalue weighted by Crippen LogP contribution is 2.68. The molecule has 4 aliphatic carbocycles. The molecule has 28 heavy (non-hydrogen) atoms. The number of rotatable bonds is 5. The summed E-state index contributed by atoms with van der Waals surface area (Å²) in [6.45, 7) is 12.7. The van der Waals surface area contributed by atoms with Crippen LogP contribution in [0.5, 0.6) is 0 Å². The molecule has 0 aliphatic heterocycles. The highest BCUT2D eigenvalue weighted by molar-refractivity contribution is 5.09. The third kappa shape index (κ3) is 3.50. The van der Waals surface area contributed by atoms with Crippen LogP contribution in [0.25, 0.3) is 0 Å². The summed E-state index contributed by atoms with van der Waals surface area (Å²) >= 11 is 0. The van der Waals surface area contributed by atoms with Crippen LogP contribution < -0.4 is 0 Å². The lowest BCUT2D eigenvalue weighted by Crippen LogP contribution is -2.54. The molecule has 0 radical (unpaired) electrons. The second-order valence-corrected chi connectivity index (χ2v) is 12.6. The predicted octanol–water partition coefficient (Wildman–Crippen LogP) is 7.47. The van der Waals surface area contributed by atoms with E-state index in [0.29, 0.717) is 10.8 Å². The fourth-order valence-electron chi connectivity index (χ4n) is 9.26. The Bertz CT molecular complexity index is 540. The number of aliphatic hydroxyl groups is 1. The van der Waals surface area contributed by atoms with E-state index in [1.807, 2.05) is 0 Å². The standard InChI is InChI=1S/C27H48O/c1-18(2)7-6-8-19(3)23-11-12-24-22-10-9-20-17-21(28)13-15-26(20,4)25(22)14-16-27(23,24)5/h18-25,28H,6-17H2,1-5H3/t19-,20?,21-,22?,23?,24?,25?,26-,27+/m0/s1. The second kappa shape index (κ2) is 7.90. The van der Waals surface area contributed by atoms with Crippen molar-refractivity contribution in [2.24, 2.45) is 52.3 Å². The average Bonchev–Trinajstić information content (AvgIpc) is 2.99. The van der Waals surface area contributed by atoms with Gasteiger partial charge in [0.2, 0.25) is 0 Å². The minimum atomic E-state index is -0.00830. The summed E-state index contributed by atoms with van der Waals surface area (Å²) in [6.07, 6.45) is 16.6. The lowest BCUT2D eigenvalue weighted by molar-refractivity contribution is -0.129. The van der Waals surface area contributed by atoms with Gasteiger partial charge in [-0.25, -0.2) is 0 Å². The quantitative estimate of drug-likeness (QED) is 0.518. The highest BCUT2D eigenvalue weighted by Gasteiger charge is 2.60. The molecule has 4 aliphatic rings. The van der Waals surface area contributed by atoms with E-state index in [0.717, 1.165) is 54.3 Å². The van der Waals surface area contributed by atoms with Gasteiger partial charge in [-0.3, -0.25) is 0 Å². The Kier molecular flexibility index (Phi) is 5.98. The van der Waals surface area contributed by atoms with Crippen LogP contribution in [0.2, 0.25) is 0 Å². The van der Waals surface area contributed by atoms with Crippen molar-refractivity contribution in [2.75, 3.05) is 0 Å². The molecule has 4 saturated carbocycles. The molecule has 1 N–H and O–H groups in total. The summed E-state index contributed by atoms with van der Waals surface area (Å²) in [5.74, 6) is 6.49. The zero-order valence-corrected chi connectivity index (χ0v) is 19.6. The SMILES string of the molecule is CC(C)CCC[C@H](C)C1CCC2C3CCC4C[C@@H](O)CC[C@]4(C)C3CC[C@@]21C. The van der Waals surface area contributed by atoms with E-state index in [-0.39, 0.29) is 6.10 Å². The van der Waals surface area contributed by atoms with Crippen molar-refractivity contribution in [2.45, 2.75) is 118 Å². The topological polar surface area (TPSA) is 20.2 Å². The van der Waals surface area contributed by atoms with E-state index in [2.05, 4.69) is 34.6 Å². The van der Waals surface area contributed by atoms with E-state index < -0.39 is 0 Å². The number of hydrogen-bond acceptors (Lipinski definition) is 1. The molecular formula is C27H48O. The number of hydrogen-bond donors (Lipinski definition) is 1. The Hall–Kier alpha value is -0.0400. The molecule has 0 bridgehead atoms. The van der Waals surface area contributed by atoms with Gasteiger partial charge in [0.25, 0.3) is 0 Å². The van der Waals surface area contributed by atoms with E-state index in [1.165, 1.54) is 64.2 Å². The molecule has 4 rings (SSSR count). The van der Waals surface area contributed by atoms with Gasteiger partial charge in [0.1, 0.15) is 0 Å². The van der Waals surface area contributed by atoms with Crippen LogP contribution in [-0.2, 0) is 0 Å². The Morgan fingerprint density at radius 1 is 0.821 bits per heavy atom. The normalized spacial score (nSPS) is 49.4. The maximum atomic E-state index is 10.3. The first kappa shape index (κ1) is 21.2. The smallest absolute Gasteiger partial charge is 0.0543 e. The lowest BCUT2D eigenvalue weighted by Gasteiger charge is -2.61. The van der Waals surface area contributed by atoms with Gasteiger partial charge in [-0.1, -0.05) is 53.9 Å². The van der Waals surface area contributed by atoms with Crippen LogP contribution in [0.4, 0.5) is 0 Å². The van der Waals surface area contributed by atoms with Crippen LogP contribution in [0.1, 0.15) is 112 Å². The molecule has 0 amide bonds. The van der Waals surface area contributed by atoms with Crippen molar-refractivity contribution in [3.8, 4) is 0 Å². The second-order valence-electron chi connectivity index (χ2n) is 12.6. The van der Waals surface area contributed by atoms with Crippen LogP contribution in [0, 0.1) is 52.3 Å². The number of fused-ring (bicyclic) bond motifs is 5. The molecule has 4 fully saturated rings. The Morgan fingerprint density at radius 3 is 2.29 bits per heavy atom. The molecule has 0 heterocycles. The fraction of sp³-hybridized carbons (Fsp3) is 1.00. The van der Waals surface area contributed by atoms with Crippen molar-refractivity contribution >= 4 is 0 Å². The lowest BCUT2D eigenvalue weighted by atomic mass is 9.44. The maximum Gasteiger partial charge on any atom is 0.0543 e. The third-order valence-corrected chi connectivity index (χ3v) is 10.8. The van der Waals surface area contributed by atoms with Crippen molar-refractivity contribution < 1.29 is 5.11 Å². The van der Waals surface area contributed by atoms with Gasteiger partial charge in [-0.05, 0) is 110 Å². The van der Waals surface area contributed by atoms with E-state index in [4.69, 9.17) is 0 Å². The van der Waals surface area contributed by atoms with Gasteiger partial charge >= 0.3 is 0 Å². The molecule has 162 valence electrons. The first-order valence-electron chi connectivity index (χ1n) is 12.9. The van der Waals surface area contributed by atoms with Crippen molar-refractivity contribution in [3.05, 3.63) is 0 Å². The van der Waals surface area contributed by atoms with Crippen LogP contribution in [-0.4, -0.2) is 11.2 Å². The molecule has 1 heteroatoms. The summed E-state index contributed by atoms with van der Waals surface area (Å²) in [4.78, 5) is 0. The minimum Gasteiger partial charge on any atom is -0.393 e. The van der Waals surface area contributed by atoms with Gasteiger partial charge in [-0.2, -0.15) is 0 Å². The molecular weight excluding hydrogens is 340 g/mol. The van der Waals surface area contributed by atoms with Gasteiger partial charge in [0, 0.05) is 0 Å². The monoisotopic (exact) mass is 388 g/mol. The molecule has 0 spiro atoms. The molecule has 0 saturated heterocycles. The molecule has 5 unspecified atom stereocenters. The van der Waals surface area contributed by atoms with Gasteiger partial charge in [0.05, 0.1) is 6.10 Å². The Morgan fingerprint density at radius 2 is 1.54 bits per heavy atom. The summed E-state index contributed by atoms with van der Waals surface area (Å²) in [6, 6.07) is 0. The maximum absolute atomic E-state index is 10.3. The average molecular weight is 389 g/mol. The summed E-state index contributed by atoms with van der Waals surface area (Å²) in [5, 5.41) is 10.3. The Labute approximate surface area is 175 Å². The van der Waals surface area contributed by atoms with E-state index >= 15 is 0 Å². The molecule has 0 aromatic rings. The predicted molar refractivity (Wildman–Crippen MR) is 119 cm³/mol. The van der Waals surface area contributed by atoms with Gasteiger partial charge in [0.15, 0.2) is 0 Å². The van der Waals surface area contributed by atoms with Gasteiger partial charge in [-0.15, -0.1) is 0 Å². The van der Waals surface area contributed by atoms with Crippen molar-refractivity contribution in [3.63, 3.8) is 0 Å². The van der Waals surface area contributed by atoms with Crippen LogP contribution in [0.15, 0.2) is 0 Å². The zero-order chi connectivity index (χ0) is 20.1. The third-order valence-electron chi connectivity index (χ3n) is 10.8. The molecule has 1 nitrogen and oxygen atoms in total.